The van der Waals surface area contributed by atoms with Gasteiger partial charge in [-0.3, -0.25) is 0 Å². The van der Waals surface area contributed by atoms with Crippen molar-refractivity contribution in [2.24, 2.45) is 0 Å². The smallest absolute Gasteiger partial charge is 0.336 e. The maximum Gasteiger partial charge on any atom is 0.336 e. The van der Waals surface area contributed by atoms with Crippen molar-refractivity contribution in [3.63, 3.8) is 0 Å². The lowest BCUT2D eigenvalue weighted by Gasteiger charge is -2.05. The van der Waals surface area contributed by atoms with Gasteiger partial charge in [0.25, 0.3) is 0 Å². The lowest BCUT2D eigenvalue weighted by Crippen LogP contribution is -2.02. The van der Waals surface area contributed by atoms with Gasteiger partial charge in [-0.1, -0.05) is 0 Å². The summed E-state index contributed by atoms with van der Waals surface area (Å²) in [6.07, 6.45) is 0. The summed E-state index contributed by atoms with van der Waals surface area (Å²) < 4.78 is 0.727. The molecule has 0 aliphatic carbocycles. The molecule has 0 aliphatic heterocycles. The fourth-order valence-corrected chi connectivity index (χ4v) is 1.36. The summed E-state index contributed by atoms with van der Waals surface area (Å²) in [7, 11) is 0. The van der Waals surface area contributed by atoms with E-state index >= 15 is 0 Å². The third-order valence-electron chi connectivity index (χ3n) is 1.69. The molecular formula is C8H8BrNO2. The molecule has 0 saturated carbocycles. The van der Waals surface area contributed by atoms with Crippen LogP contribution in [0, 0.1) is 6.92 Å². The van der Waals surface area contributed by atoms with Crippen molar-refractivity contribution in [2.75, 3.05) is 5.73 Å². The first-order valence-corrected chi connectivity index (χ1v) is 4.11. The summed E-state index contributed by atoms with van der Waals surface area (Å²) in [6, 6.07) is 3.16. The minimum atomic E-state index is -0.952. The molecule has 3 N–H and O–H groups in total. The van der Waals surface area contributed by atoms with Crippen molar-refractivity contribution in [3.8, 4) is 0 Å². The van der Waals surface area contributed by atoms with E-state index in [4.69, 9.17) is 10.8 Å². The Morgan fingerprint density at radius 1 is 1.58 bits per heavy atom. The van der Waals surface area contributed by atoms with E-state index in [0.717, 1.165) is 4.47 Å². The van der Waals surface area contributed by atoms with Crippen molar-refractivity contribution in [1.82, 2.24) is 0 Å². The average molecular weight is 230 g/mol. The van der Waals surface area contributed by atoms with Crippen LogP contribution in [0.1, 0.15) is 15.9 Å². The number of hydrogen-bond donors (Lipinski definition) is 2. The Kier molecular flexibility index (Phi) is 2.38. The second kappa shape index (κ2) is 3.15. The van der Waals surface area contributed by atoms with Gasteiger partial charge >= 0.3 is 5.97 Å². The molecule has 0 amide bonds. The molecule has 0 aromatic heterocycles. The summed E-state index contributed by atoms with van der Waals surface area (Å²) in [4.78, 5) is 10.6. The van der Waals surface area contributed by atoms with E-state index in [1.807, 2.05) is 0 Å². The molecule has 12 heavy (non-hydrogen) atoms. The molecular weight excluding hydrogens is 222 g/mol. The summed E-state index contributed by atoms with van der Waals surface area (Å²) in [5.74, 6) is -0.952. The van der Waals surface area contributed by atoms with Gasteiger partial charge in [-0.05, 0) is 40.5 Å². The number of nitrogen functional groups attached to an aromatic ring is 1. The zero-order valence-electron chi connectivity index (χ0n) is 6.47. The van der Waals surface area contributed by atoms with Crippen LogP contribution in [0.3, 0.4) is 0 Å². The van der Waals surface area contributed by atoms with Gasteiger partial charge in [-0.25, -0.2) is 4.79 Å². The maximum atomic E-state index is 10.6. The summed E-state index contributed by atoms with van der Waals surface area (Å²) in [6.45, 7) is 1.68. The van der Waals surface area contributed by atoms with Crippen molar-refractivity contribution in [2.45, 2.75) is 6.92 Å². The summed E-state index contributed by atoms with van der Waals surface area (Å²) in [5.41, 5.74) is 6.93. The Bertz CT molecular complexity index is 336. The van der Waals surface area contributed by atoms with Gasteiger partial charge in [0.1, 0.15) is 0 Å². The number of benzene rings is 1. The van der Waals surface area contributed by atoms with Crippen LogP contribution in [-0.4, -0.2) is 11.1 Å². The first kappa shape index (κ1) is 9.06. The number of halogens is 1. The highest BCUT2D eigenvalue weighted by Crippen LogP contribution is 2.25. The van der Waals surface area contributed by atoms with E-state index in [-0.39, 0.29) is 5.56 Å². The summed E-state index contributed by atoms with van der Waals surface area (Å²) >= 11 is 3.21. The van der Waals surface area contributed by atoms with Crippen LogP contribution in [0.5, 0.6) is 0 Å². The Morgan fingerprint density at radius 3 is 2.67 bits per heavy atom. The fourth-order valence-electron chi connectivity index (χ4n) is 0.927. The largest absolute Gasteiger partial charge is 0.478 e. The van der Waals surface area contributed by atoms with E-state index in [1.165, 1.54) is 6.07 Å². The molecule has 0 spiro atoms. The van der Waals surface area contributed by atoms with Gasteiger partial charge in [-0.15, -0.1) is 0 Å². The topological polar surface area (TPSA) is 63.3 Å². The van der Waals surface area contributed by atoms with Crippen LogP contribution in [-0.2, 0) is 0 Å². The fraction of sp³-hybridized carbons (Fsp3) is 0.125. The lowest BCUT2D eigenvalue weighted by atomic mass is 10.1. The highest BCUT2D eigenvalue weighted by molar-refractivity contribution is 9.10. The molecule has 0 fully saturated rings. The number of hydrogen-bond acceptors (Lipinski definition) is 2. The molecule has 64 valence electrons. The number of carboxylic acids is 1. The quantitative estimate of drug-likeness (QED) is 0.725. The van der Waals surface area contributed by atoms with Crippen molar-refractivity contribution in [3.05, 3.63) is 27.7 Å². The number of anilines is 1. The SMILES string of the molecule is Cc1c(C(=O)O)ccc(Br)c1N. The number of rotatable bonds is 1. The van der Waals surface area contributed by atoms with Crippen LogP contribution in [0.4, 0.5) is 5.69 Å². The van der Waals surface area contributed by atoms with Crippen LogP contribution < -0.4 is 5.73 Å². The second-order valence-corrected chi connectivity index (χ2v) is 3.29. The second-order valence-electron chi connectivity index (χ2n) is 2.44. The normalized spacial score (nSPS) is 9.83. The lowest BCUT2D eigenvalue weighted by molar-refractivity contribution is 0.0696. The first-order chi connectivity index (χ1) is 5.54. The predicted octanol–water partition coefficient (Wildman–Crippen LogP) is 2.04. The van der Waals surface area contributed by atoms with Crippen LogP contribution >= 0.6 is 15.9 Å². The van der Waals surface area contributed by atoms with Gasteiger partial charge < -0.3 is 10.8 Å². The Hall–Kier alpha value is -1.03. The van der Waals surface area contributed by atoms with E-state index in [9.17, 15) is 4.79 Å². The van der Waals surface area contributed by atoms with E-state index < -0.39 is 5.97 Å². The molecule has 0 unspecified atom stereocenters. The Labute approximate surface area is 78.3 Å². The molecule has 3 nitrogen and oxygen atoms in total. The molecule has 0 aliphatic rings. The zero-order chi connectivity index (χ0) is 9.30. The minimum Gasteiger partial charge on any atom is -0.478 e. The van der Waals surface area contributed by atoms with Gasteiger partial charge in [0.2, 0.25) is 0 Å². The van der Waals surface area contributed by atoms with Crippen LogP contribution in [0.25, 0.3) is 0 Å². The standard InChI is InChI=1S/C8H8BrNO2/c1-4-5(8(11)12)2-3-6(9)7(4)10/h2-3H,10H2,1H3,(H,11,12). The average Bonchev–Trinajstić information content (AvgIpc) is 2.00. The highest BCUT2D eigenvalue weighted by atomic mass is 79.9. The number of nitrogens with two attached hydrogens (primary N) is 1. The van der Waals surface area contributed by atoms with Crippen molar-refractivity contribution < 1.29 is 9.90 Å². The van der Waals surface area contributed by atoms with Gasteiger partial charge in [0.15, 0.2) is 0 Å². The summed E-state index contributed by atoms with van der Waals surface area (Å²) in [5, 5.41) is 8.71. The molecule has 1 aromatic rings. The zero-order valence-corrected chi connectivity index (χ0v) is 8.05. The highest BCUT2D eigenvalue weighted by Gasteiger charge is 2.10. The Morgan fingerprint density at radius 2 is 2.17 bits per heavy atom. The van der Waals surface area contributed by atoms with E-state index in [0.29, 0.717) is 11.3 Å². The van der Waals surface area contributed by atoms with E-state index in [1.54, 1.807) is 13.0 Å². The monoisotopic (exact) mass is 229 g/mol. The van der Waals surface area contributed by atoms with Gasteiger partial charge in [-0.2, -0.15) is 0 Å². The van der Waals surface area contributed by atoms with Crippen molar-refractivity contribution >= 4 is 27.6 Å². The van der Waals surface area contributed by atoms with Gasteiger partial charge in [0, 0.05) is 10.2 Å². The minimum absolute atomic E-state index is 0.246. The third-order valence-corrected chi connectivity index (χ3v) is 2.38. The molecule has 1 rings (SSSR count). The molecule has 0 atom stereocenters. The van der Waals surface area contributed by atoms with Crippen LogP contribution in [0.2, 0.25) is 0 Å². The molecule has 4 heteroatoms. The molecule has 0 saturated heterocycles. The van der Waals surface area contributed by atoms with Crippen LogP contribution in [0.15, 0.2) is 16.6 Å². The Balaban J connectivity index is 3.36. The number of carboxylic acid groups (broad SMARTS) is 1. The number of aromatic carboxylic acids is 1. The number of carbonyl (C=O) groups is 1. The first-order valence-electron chi connectivity index (χ1n) is 3.32. The third kappa shape index (κ3) is 1.43. The predicted molar refractivity (Wildman–Crippen MR) is 50.3 cm³/mol. The maximum absolute atomic E-state index is 10.6. The van der Waals surface area contributed by atoms with E-state index in [2.05, 4.69) is 15.9 Å². The molecule has 1 aromatic carbocycles. The van der Waals surface area contributed by atoms with Crippen molar-refractivity contribution in [1.29, 1.82) is 0 Å². The molecule has 0 heterocycles. The molecule has 0 bridgehead atoms. The molecule has 0 radical (unpaired) electrons. The van der Waals surface area contributed by atoms with Gasteiger partial charge in [0.05, 0.1) is 5.56 Å².